The molecule has 0 amide bonds. The SMILES string of the molecule is CC(C)C1=C[C@@]23CC[C@@H]4[C@](C)(CCC[C@@]4(C)C(=O)O)[C@@H]2C[C@H]1[C@H]1C(=O)OC(=O)[C@H]13. The Hall–Kier alpha value is -1.65. The van der Waals surface area contributed by atoms with E-state index in [9.17, 15) is 19.5 Å². The molecule has 0 radical (unpaired) electrons. The largest absolute Gasteiger partial charge is 0.481 e. The maximum Gasteiger partial charge on any atom is 0.318 e. The van der Waals surface area contributed by atoms with E-state index in [-0.39, 0.29) is 52.4 Å². The second-order valence-corrected chi connectivity index (χ2v) is 11.2. The Bertz CT molecular complexity index is 842. The molecule has 1 aliphatic heterocycles. The summed E-state index contributed by atoms with van der Waals surface area (Å²) in [5, 5.41) is 10.1. The second kappa shape index (κ2) is 5.73. The fraction of sp³-hybridized carbons (Fsp3) is 0.792. The molecule has 4 fully saturated rings. The van der Waals surface area contributed by atoms with E-state index in [1.54, 1.807) is 0 Å². The van der Waals surface area contributed by atoms with Crippen LogP contribution < -0.4 is 0 Å². The van der Waals surface area contributed by atoms with Crippen LogP contribution in [0.2, 0.25) is 0 Å². The van der Waals surface area contributed by atoms with Crippen molar-refractivity contribution in [2.24, 2.45) is 51.8 Å². The Labute approximate surface area is 172 Å². The molecular formula is C24H32O5. The lowest BCUT2D eigenvalue weighted by molar-refractivity contribution is -0.195. The van der Waals surface area contributed by atoms with E-state index >= 15 is 0 Å². The molecule has 8 atom stereocenters. The summed E-state index contributed by atoms with van der Waals surface area (Å²) in [5.41, 5.74) is 0.122. The number of hydrogen-bond acceptors (Lipinski definition) is 4. The van der Waals surface area contributed by atoms with E-state index in [1.165, 1.54) is 5.57 Å². The first kappa shape index (κ1) is 19.3. The number of carbonyl (C=O) groups excluding carboxylic acids is 2. The normalized spacial score (nSPS) is 50.5. The number of fused-ring (bicyclic) bond motifs is 1. The van der Waals surface area contributed by atoms with Crippen LogP contribution in [0.4, 0.5) is 0 Å². The number of esters is 2. The van der Waals surface area contributed by atoms with Crippen molar-refractivity contribution in [2.45, 2.75) is 66.2 Å². The van der Waals surface area contributed by atoms with Crippen molar-refractivity contribution >= 4 is 17.9 Å². The third kappa shape index (κ3) is 2.14. The minimum Gasteiger partial charge on any atom is -0.481 e. The van der Waals surface area contributed by atoms with Crippen molar-refractivity contribution < 1.29 is 24.2 Å². The van der Waals surface area contributed by atoms with Gasteiger partial charge < -0.3 is 9.84 Å². The van der Waals surface area contributed by atoms with E-state index in [4.69, 9.17) is 4.74 Å². The Morgan fingerprint density at radius 3 is 2.52 bits per heavy atom. The van der Waals surface area contributed by atoms with Crippen molar-refractivity contribution in [3.8, 4) is 0 Å². The Morgan fingerprint density at radius 1 is 1.14 bits per heavy atom. The molecular weight excluding hydrogens is 368 g/mol. The highest BCUT2D eigenvalue weighted by Gasteiger charge is 2.73. The predicted octanol–water partition coefficient (Wildman–Crippen LogP) is 4.21. The molecule has 5 nitrogen and oxygen atoms in total. The highest BCUT2D eigenvalue weighted by molar-refractivity contribution is 5.98. The van der Waals surface area contributed by atoms with Gasteiger partial charge in [0.1, 0.15) is 0 Å². The van der Waals surface area contributed by atoms with Crippen LogP contribution in [0.15, 0.2) is 11.6 Å². The van der Waals surface area contributed by atoms with Gasteiger partial charge in [0.2, 0.25) is 0 Å². The van der Waals surface area contributed by atoms with Crippen molar-refractivity contribution in [1.29, 1.82) is 0 Å². The molecule has 5 heteroatoms. The fourth-order valence-corrected chi connectivity index (χ4v) is 8.76. The zero-order valence-corrected chi connectivity index (χ0v) is 17.9. The third-order valence-corrected chi connectivity index (χ3v) is 9.89. The second-order valence-electron chi connectivity index (χ2n) is 11.2. The number of ether oxygens (including phenoxy) is 1. The summed E-state index contributed by atoms with van der Waals surface area (Å²) in [5.74, 6) is -1.33. The number of carboxylic acid groups (broad SMARTS) is 1. The van der Waals surface area contributed by atoms with Gasteiger partial charge in [0.05, 0.1) is 17.3 Å². The topological polar surface area (TPSA) is 80.7 Å². The molecule has 6 rings (SSSR count). The van der Waals surface area contributed by atoms with Gasteiger partial charge in [-0.2, -0.15) is 0 Å². The van der Waals surface area contributed by atoms with Crippen LogP contribution in [0.1, 0.15) is 66.2 Å². The molecule has 6 aliphatic rings. The molecule has 0 unspecified atom stereocenters. The van der Waals surface area contributed by atoms with Crippen LogP contribution in [-0.4, -0.2) is 23.0 Å². The monoisotopic (exact) mass is 400 g/mol. The average Bonchev–Trinajstić information content (AvgIpc) is 2.97. The molecule has 0 aromatic heterocycles. The lowest BCUT2D eigenvalue weighted by atomic mass is 9.34. The van der Waals surface area contributed by atoms with Crippen molar-refractivity contribution in [3.63, 3.8) is 0 Å². The maximum atomic E-state index is 12.9. The molecule has 158 valence electrons. The molecule has 2 bridgehead atoms. The van der Waals surface area contributed by atoms with Crippen LogP contribution in [0.25, 0.3) is 0 Å². The summed E-state index contributed by atoms with van der Waals surface area (Å²) < 4.78 is 5.20. The van der Waals surface area contributed by atoms with Gasteiger partial charge >= 0.3 is 17.9 Å². The Morgan fingerprint density at radius 2 is 1.86 bits per heavy atom. The van der Waals surface area contributed by atoms with Crippen LogP contribution >= 0.6 is 0 Å². The molecule has 1 spiro atoms. The first-order valence-corrected chi connectivity index (χ1v) is 11.3. The van der Waals surface area contributed by atoms with Gasteiger partial charge in [-0.25, -0.2) is 0 Å². The van der Waals surface area contributed by atoms with Crippen LogP contribution in [0.5, 0.6) is 0 Å². The molecule has 1 heterocycles. The van der Waals surface area contributed by atoms with Crippen LogP contribution in [0, 0.1) is 51.8 Å². The van der Waals surface area contributed by atoms with Gasteiger partial charge in [-0.05, 0) is 68.1 Å². The highest BCUT2D eigenvalue weighted by Crippen LogP contribution is 2.74. The molecule has 1 saturated heterocycles. The molecule has 3 saturated carbocycles. The summed E-state index contributed by atoms with van der Waals surface area (Å²) in [6.07, 6.45) is 7.48. The van der Waals surface area contributed by atoms with Crippen molar-refractivity contribution in [1.82, 2.24) is 0 Å². The lowest BCUT2D eigenvalue weighted by Gasteiger charge is -2.68. The van der Waals surface area contributed by atoms with E-state index in [1.807, 2.05) is 6.92 Å². The smallest absolute Gasteiger partial charge is 0.318 e. The van der Waals surface area contributed by atoms with Gasteiger partial charge in [0.25, 0.3) is 0 Å². The summed E-state index contributed by atoms with van der Waals surface area (Å²) in [4.78, 5) is 37.8. The summed E-state index contributed by atoms with van der Waals surface area (Å²) in [6.45, 7) is 8.56. The molecule has 1 N–H and O–H groups in total. The first-order chi connectivity index (χ1) is 13.6. The number of allylic oxidation sites excluding steroid dienone is 2. The van der Waals surface area contributed by atoms with Gasteiger partial charge in [0.15, 0.2) is 0 Å². The van der Waals surface area contributed by atoms with Crippen LogP contribution in [-0.2, 0) is 19.1 Å². The zero-order valence-electron chi connectivity index (χ0n) is 17.9. The first-order valence-electron chi connectivity index (χ1n) is 11.3. The van der Waals surface area contributed by atoms with Gasteiger partial charge in [-0.1, -0.05) is 38.8 Å². The fourth-order valence-electron chi connectivity index (χ4n) is 8.76. The quantitative estimate of drug-likeness (QED) is 0.427. The minimum absolute atomic E-state index is 0.0550. The number of hydrogen-bond donors (Lipinski definition) is 1. The lowest BCUT2D eigenvalue weighted by Crippen LogP contribution is -2.65. The molecule has 29 heavy (non-hydrogen) atoms. The minimum atomic E-state index is -0.707. The standard InChI is InChI=1S/C24H32O5/c1-12(2)14-11-24-9-6-15-22(3,7-5-8-23(15,4)21(27)28)16(24)10-13(14)17-18(24)20(26)29-19(17)25/h11-13,15-18H,5-10H2,1-4H3,(H,27,28)/t13-,15-,16+,17-,18+,22+,23-,24+/m1/s1. The van der Waals surface area contributed by atoms with E-state index in [2.05, 4.69) is 26.8 Å². The van der Waals surface area contributed by atoms with E-state index < -0.39 is 11.4 Å². The molecule has 0 aromatic carbocycles. The molecule has 5 aliphatic carbocycles. The van der Waals surface area contributed by atoms with Gasteiger partial charge in [-0.3, -0.25) is 14.4 Å². The van der Waals surface area contributed by atoms with Gasteiger partial charge in [0, 0.05) is 5.41 Å². The summed E-state index contributed by atoms with van der Waals surface area (Å²) >= 11 is 0. The average molecular weight is 401 g/mol. The number of cyclic esters (lactones) is 2. The third-order valence-electron chi connectivity index (χ3n) is 9.89. The number of rotatable bonds is 2. The predicted molar refractivity (Wildman–Crippen MR) is 105 cm³/mol. The Kier molecular flexibility index (Phi) is 3.82. The van der Waals surface area contributed by atoms with E-state index in [0.29, 0.717) is 5.92 Å². The zero-order chi connectivity index (χ0) is 20.9. The number of aliphatic carboxylic acids is 1. The van der Waals surface area contributed by atoms with E-state index in [0.717, 1.165) is 38.5 Å². The maximum absolute atomic E-state index is 12.9. The van der Waals surface area contributed by atoms with Crippen molar-refractivity contribution in [3.05, 3.63) is 11.6 Å². The summed E-state index contributed by atoms with van der Waals surface area (Å²) in [6, 6.07) is 0. The van der Waals surface area contributed by atoms with Gasteiger partial charge in [-0.15, -0.1) is 0 Å². The number of carbonyl (C=O) groups is 3. The highest BCUT2D eigenvalue weighted by atomic mass is 16.6. The van der Waals surface area contributed by atoms with Crippen LogP contribution in [0.3, 0.4) is 0 Å². The molecule has 0 aromatic rings. The van der Waals surface area contributed by atoms with Crippen molar-refractivity contribution in [2.75, 3.05) is 0 Å². The summed E-state index contributed by atoms with van der Waals surface area (Å²) in [7, 11) is 0. The number of carboxylic acids is 1. The Balaban J connectivity index is 1.67.